The molecule has 2 rings (SSSR count). The maximum Gasteiger partial charge on any atom is 0.261 e. The zero-order chi connectivity index (χ0) is 21.9. The first-order valence-corrected chi connectivity index (χ1v) is 11.1. The maximum atomic E-state index is 13.1. The molecule has 7 heteroatoms. The zero-order valence-electron chi connectivity index (χ0n) is 17.7. The number of rotatable bonds is 11. The summed E-state index contributed by atoms with van der Waals surface area (Å²) < 4.78 is 12.0. The molecular weight excluding hydrogens is 495 g/mol. The van der Waals surface area contributed by atoms with Gasteiger partial charge in [-0.05, 0) is 77.4 Å². The van der Waals surface area contributed by atoms with E-state index in [1.165, 1.54) is 0 Å². The first-order valence-electron chi connectivity index (χ1n) is 10.1. The number of hydrogen-bond acceptors (Lipinski definition) is 4. The van der Waals surface area contributed by atoms with E-state index in [2.05, 4.69) is 27.9 Å². The number of nitrogens with one attached hydrogen (secondary N) is 1. The smallest absolute Gasteiger partial charge is 0.261 e. The van der Waals surface area contributed by atoms with E-state index in [0.29, 0.717) is 25.3 Å². The highest BCUT2D eigenvalue weighted by molar-refractivity contribution is 14.1. The molecule has 0 saturated carbocycles. The number of methoxy groups -OCH3 is 1. The number of carbonyl (C=O) groups is 2. The standard InChI is InChI=1S/C23H29IN2O4/c1-4-14-25-23(28)21(5-2)26(15-17-6-10-19(29-3)11-7-17)22(27)16-30-20-12-8-18(24)9-13-20/h6-13,21H,4-5,14-16H2,1-3H3,(H,25,28). The van der Waals surface area contributed by atoms with Gasteiger partial charge in [0.2, 0.25) is 5.91 Å². The van der Waals surface area contributed by atoms with Crippen molar-refractivity contribution in [3.05, 3.63) is 57.7 Å². The number of ether oxygens (including phenoxy) is 2. The van der Waals surface area contributed by atoms with Gasteiger partial charge in [0.25, 0.3) is 5.91 Å². The van der Waals surface area contributed by atoms with Crippen LogP contribution in [0.15, 0.2) is 48.5 Å². The maximum absolute atomic E-state index is 13.1. The van der Waals surface area contributed by atoms with Crippen molar-refractivity contribution in [1.29, 1.82) is 0 Å². The van der Waals surface area contributed by atoms with Gasteiger partial charge in [-0.3, -0.25) is 9.59 Å². The van der Waals surface area contributed by atoms with Crippen molar-refractivity contribution in [2.45, 2.75) is 39.3 Å². The van der Waals surface area contributed by atoms with E-state index in [-0.39, 0.29) is 18.4 Å². The van der Waals surface area contributed by atoms with Gasteiger partial charge in [0.1, 0.15) is 17.5 Å². The molecule has 0 fully saturated rings. The highest BCUT2D eigenvalue weighted by Gasteiger charge is 2.28. The minimum atomic E-state index is -0.563. The van der Waals surface area contributed by atoms with E-state index in [1.807, 2.05) is 62.4 Å². The van der Waals surface area contributed by atoms with Crippen molar-refractivity contribution in [2.75, 3.05) is 20.3 Å². The minimum Gasteiger partial charge on any atom is -0.497 e. The van der Waals surface area contributed by atoms with Crippen LogP contribution in [0.2, 0.25) is 0 Å². The number of amides is 2. The Labute approximate surface area is 192 Å². The molecule has 0 aliphatic heterocycles. The Balaban J connectivity index is 2.17. The molecule has 0 saturated heterocycles. The fourth-order valence-corrected chi connectivity index (χ4v) is 3.33. The number of halogens is 1. The van der Waals surface area contributed by atoms with Crippen LogP contribution in [0.4, 0.5) is 0 Å². The van der Waals surface area contributed by atoms with Gasteiger partial charge in [0.05, 0.1) is 7.11 Å². The molecule has 2 amide bonds. The lowest BCUT2D eigenvalue weighted by Crippen LogP contribution is -2.50. The normalized spacial score (nSPS) is 11.5. The molecule has 0 spiro atoms. The van der Waals surface area contributed by atoms with Crippen molar-refractivity contribution < 1.29 is 19.1 Å². The van der Waals surface area contributed by atoms with Crippen LogP contribution >= 0.6 is 22.6 Å². The monoisotopic (exact) mass is 524 g/mol. The lowest BCUT2D eigenvalue weighted by molar-refractivity contribution is -0.143. The van der Waals surface area contributed by atoms with Crippen LogP contribution in [0.1, 0.15) is 32.3 Å². The fraction of sp³-hybridized carbons (Fsp3) is 0.391. The Kier molecular flexibility index (Phi) is 9.93. The molecule has 2 aromatic rings. The van der Waals surface area contributed by atoms with E-state index in [4.69, 9.17) is 9.47 Å². The van der Waals surface area contributed by atoms with E-state index in [0.717, 1.165) is 21.3 Å². The van der Waals surface area contributed by atoms with Crippen molar-refractivity contribution in [3.63, 3.8) is 0 Å². The van der Waals surface area contributed by atoms with Crippen LogP contribution in [0.25, 0.3) is 0 Å². The molecule has 1 unspecified atom stereocenters. The summed E-state index contributed by atoms with van der Waals surface area (Å²) in [5, 5.41) is 2.91. The van der Waals surface area contributed by atoms with Crippen molar-refractivity contribution in [1.82, 2.24) is 10.2 Å². The summed E-state index contributed by atoms with van der Waals surface area (Å²) in [5.74, 6) is 0.987. The van der Waals surface area contributed by atoms with Gasteiger partial charge in [0.15, 0.2) is 6.61 Å². The van der Waals surface area contributed by atoms with Gasteiger partial charge >= 0.3 is 0 Å². The molecule has 162 valence electrons. The third-order valence-corrected chi connectivity index (χ3v) is 5.34. The summed E-state index contributed by atoms with van der Waals surface area (Å²) in [5.41, 5.74) is 0.917. The van der Waals surface area contributed by atoms with E-state index < -0.39 is 6.04 Å². The predicted molar refractivity (Wildman–Crippen MR) is 126 cm³/mol. The second-order valence-corrected chi connectivity index (χ2v) is 8.07. The molecule has 0 heterocycles. The number of carbonyl (C=O) groups excluding carboxylic acids is 2. The highest BCUT2D eigenvalue weighted by atomic mass is 127. The molecule has 0 bridgehead atoms. The van der Waals surface area contributed by atoms with Gasteiger partial charge < -0.3 is 19.7 Å². The zero-order valence-corrected chi connectivity index (χ0v) is 19.8. The average molecular weight is 524 g/mol. The molecule has 1 atom stereocenters. The number of nitrogens with zero attached hydrogens (tertiary/aromatic N) is 1. The number of benzene rings is 2. The quantitative estimate of drug-likeness (QED) is 0.452. The van der Waals surface area contributed by atoms with Gasteiger partial charge in [-0.15, -0.1) is 0 Å². The van der Waals surface area contributed by atoms with E-state index >= 15 is 0 Å². The molecule has 0 aliphatic carbocycles. The molecule has 0 radical (unpaired) electrons. The van der Waals surface area contributed by atoms with E-state index in [9.17, 15) is 9.59 Å². The molecular formula is C23H29IN2O4. The van der Waals surface area contributed by atoms with Crippen LogP contribution in [-0.2, 0) is 16.1 Å². The highest BCUT2D eigenvalue weighted by Crippen LogP contribution is 2.18. The summed E-state index contributed by atoms with van der Waals surface area (Å²) in [6.45, 7) is 4.67. The van der Waals surface area contributed by atoms with Gasteiger partial charge in [0, 0.05) is 16.7 Å². The second kappa shape index (κ2) is 12.4. The van der Waals surface area contributed by atoms with E-state index in [1.54, 1.807) is 12.0 Å². The van der Waals surface area contributed by atoms with Crippen LogP contribution in [0, 0.1) is 3.57 Å². The summed E-state index contributed by atoms with van der Waals surface area (Å²) >= 11 is 2.21. The lowest BCUT2D eigenvalue weighted by Gasteiger charge is -2.30. The summed E-state index contributed by atoms with van der Waals surface area (Å²) in [6.07, 6.45) is 1.35. The van der Waals surface area contributed by atoms with Gasteiger partial charge in [-0.2, -0.15) is 0 Å². The van der Waals surface area contributed by atoms with Crippen molar-refractivity contribution in [2.24, 2.45) is 0 Å². The Hall–Kier alpha value is -2.29. The van der Waals surface area contributed by atoms with Crippen LogP contribution in [-0.4, -0.2) is 43.0 Å². The summed E-state index contributed by atoms with van der Waals surface area (Å²) in [6, 6.07) is 14.4. The fourth-order valence-electron chi connectivity index (χ4n) is 2.97. The predicted octanol–water partition coefficient (Wildman–Crippen LogP) is 4.01. The summed E-state index contributed by atoms with van der Waals surface area (Å²) in [4.78, 5) is 27.4. The largest absolute Gasteiger partial charge is 0.497 e. The Bertz CT molecular complexity index is 809. The third-order valence-electron chi connectivity index (χ3n) is 4.62. The van der Waals surface area contributed by atoms with Crippen molar-refractivity contribution >= 4 is 34.4 Å². The van der Waals surface area contributed by atoms with Crippen LogP contribution < -0.4 is 14.8 Å². The third kappa shape index (κ3) is 7.19. The average Bonchev–Trinajstić information content (AvgIpc) is 2.77. The Morgan fingerprint density at radius 2 is 1.67 bits per heavy atom. The number of hydrogen-bond donors (Lipinski definition) is 1. The molecule has 2 aromatic carbocycles. The molecule has 0 aromatic heterocycles. The van der Waals surface area contributed by atoms with Gasteiger partial charge in [-0.25, -0.2) is 0 Å². The second-order valence-electron chi connectivity index (χ2n) is 6.83. The molecule has 1 N–H and O–H groups in total. The molecule has 6 nitrogen and oxygen atoms in total. The lowest BCUT2D eigenvalue weighted by atomic mass is 10.1. The first kappa shape index (κ1) is 24.0. The Morgan fingerprint density at radius 1 is 1.03 bits per heavy atom. The minimum absolute atomic E-state index is 0.131. The van der Waals surface area contributed by atoms with Gasteiger partial charge in [-0.1, -0.05) is 26.0 Å². The Morgan fingerprint density at radius 3 is 2.23 bits per heavy atom. The topological polar surface area (TPSA) is 67.9 Å². The summed E-state index contributed by atoms with van der Waals surface area (Å²) in [7, 11) is 1.61. The van der Waals surface area contributed by atoms with Crippen molar-refractivity contribution in [3.8, 4) is 11.5 Å². The molecule has 30 heavy (non-hydrogen) atoms. The first-order chi connectivity index (χ1) is 14.5. The molecule has 0 aliphatic rings. The SMILES string of the molecule is CCCNC(=O)C(CC)N(Cc1ccc(OC)cc1)C(=O)COc1ccc(I)cc1. The van der Waals surface area contributed by atoms with Crippen LogP contribution in [0.5, 0.6) is 11.5 Å². The van der Waals surface area contributed by atoms with Crippen LogP contribution in [0.3, 0.4) is 0 Å².